The van der Waals surface area contributed by atoms with Gasteiger partial charge >= 0.3 is 0 Å². The normalized spacial score (nSPS) is 15.0. The zero-order chi connectivity index (χ0) is 15.5. The highest BCUT2D eigenvalue weighted by Crippen LogP contribution is 2.26. The van der Waals surface area contributed by atoms with Crippen LogP contribution in [0.15, 0.2) is 47.8 Å². The lowest BCUT2D eigenvalue weighted by Gasteiger charge is -2.28. The average molecular weight is 325 g/mol. The van der Waals surface area contributed by atoms with Crippen LogP contribution < -0.4 is 15.0 Å². The maximum Gasteiger partial charge on any atom is 0.215 e. The molecule has 0 atom stereocenters. The second kappa shape index (κ2) is 6.56. The number of rotatable bonds is 4. The zero-order valence-corrected chi connectivity index (χ0v) is 13.7. The summed E-state index contributed by atoms with van der Waals surface area (Å²) in [6, 6.07) is 14.4. The van der Waals surface area contributed by atoms with Crippen molar-refractivity contribution >= 4 is 27.2 Å². The van der Waals surface area contributed by atoms with Crippen molar-refractivity contribution in [1.82, 2.24) is 10.3 Å². The van der Waals surface area contributed by atoms with Gasteiger partial charge < -0.3 is 15.0 Å². The van der Waals surface area contributed by atoms with Crippen molar-refractivity contribution in [2.45, 2.75) is 6.61 Å². The van der Waals surface area contributed by atoms with E-state index in [1.165, 1.54) is 15.6 Å². The second-order valence-corrected chi connectivity index (χ2v) is 6.53. The van der Waals surface area contributed by atoms with Gasteiger partial charge in [-0.3, -0.25) is 0 Å². The molecule has 1 aliphatic rings. The summed E-state index contributed by atoms with van der Waals surface area (Å²) in [4.78, 5) is 6.95. The molecule has 1 aliphatic heterocycles. The number of hydrogen-bond acceptors (Lipinski definition) is 5. The third kappa shape index (κ3) is 3.16. The Hall–Kier alpha value is -2.11. The van der Waals surface area contributed by atoms with Crippen LogP contribution in [0.5, 0.6) is 5.88 Å². The molecule has 23 heavy (non-hydrogen) atoms. The van der Waals surface area contributed by atoms with E-state index in [1.807, 2.05) is 12.1 Å². The Bertz CT molecular complexity index is 796. The molecule has 1 saturated heterocycles. The van der Waals surface area contributed by atoms with Gasteiger partial charge in [-0.05, 0) is 22.9 Å². The van der Waals surface area contributed by atoms with Gasteiger partial charge in [0.1, 0.15) is 12.4 Å². The largest absolute Gasteiger partial charge is 0.473 e. The lowest BCUT2D eigenvalue weighted by Crippen LogP contribution is -2.43. The number of nitrogens with one attached hydrogen (secondary N) is 1. The van der Waals surface area contributed by atoms with Crippen LogP contribution in [0.1, 0.15) is 5.56 Å². The molecule has 0 aliphatic carbocycles. The van der Waals surface area contributed by atoms with Crippen LogP contribution in [-0.2, 0) is 6.61 Å². The first-order chi connectivity index (χ1) is 11.4. The molecule has 0 bridgehead atoms. The Morgan fingerprint density at radius 1 is 1.09 bits per heavy atom. The maximum absolute atomic E-state index is 5.94. The number of piperazine rings is 1. The number of thiophene rings is 1. The molecule has 1 aromatic carbocycles. The van der Waals surface area contributed by atoms with Gasteiger partial charge in [0.05, 0.1) is 0 Å². The number of fused-ring (bicyclic) bond motifs is 1. The summed E-state index contributed by atoms with van der Waals surface area (Å²) >= 11 is 1.76. The Morgan fingerprint density at radius 3 is 2.87 bits per heavy atom. The van der Waals surface area contributed by atoms with Crippen molar-refractivity contribution < 1.29 is 4.74 Å². The Kier molecular flexibility index (Phi) is 4.13. The van der Waals surface area contributed by atoms with Crippen molar-refractivity contribution in [2.24, 2.45) is 0 Å². The lowest BCUT2D eigenvalue weighted by atomic mass is 10.2. The molecule has 0 radical (unpaired) electrons. The molecule has 3 aromatic rings. The fraction of sp³-hybridized carbons (Fsp3) is 0.278. The van der Waals surface area contributed by atoms with Crippen LogP contribution in [-0.4, -0.2) is 31.2 Å². The Morgan fingerprint density at radius 2 is 1.96 bits per heavy atom. The van der Waals surface area contributed by atoms with Crippen molar-refractivity contribution in [3.63, 3.8) is 0 Å². The van der Waals surface area contributed by atoms with E-state index < -0.39 is 0 Å². The van der Waals surface area contributed by atoms with E-state index in [9.17, 15) is 0 Å². The van der Waals surface area contributed by atoms with Crippen LogP contribution in [0.3, 0.4) is 0 Å². The molecule has 0 saturated carbocycles. The minimum absolute atomic E-state index is 0.558. The molecular formula is C18H19N3OS. The number of anilines is 1. The van der Waals surface area contributed by atoms with Gasteiger partial charge in [0.25, 0.3) is 0 Å². The predicted molar refractivity (Wildman–Crippen MR) is 95.5 cm³/mol. The number of nitrogens with zero attached hydrogens (tertiary/aromatic N) is 2. The highest BCUT2D eigenvalue weighted by molar-refractivity contribution is 7.17. The van der Waals surface area contributed by atoms with Crippen LogP contribution in [0.4, 0.5) is 5.82 Å². The summed E-state index contributed by atoms with van der Waals surface area (Å²) in [7, 11) is 0. The first-order valence-corrected chi connectivity index (χ1v) is 8.79. The third-order valence-corrected chi connectivity index (χ3v) is 5.10. The summed E-state index contributed by atoms with van der Waals surface area (Å²) in [5.74, 6) is 1.69. The molecule has 0 spiro atoms. The molecule has 5 heteroatoms. The standard InChI is InChI=1S/C18H19N3OS/c1-2-5-16-15(4-1)14(13-23-16)12-22-18-7-3-6-17(20-18)21-10-8-19-9-11-21/h1-7,13,19H,8-12H2. The van der Waals surface area contributed by atoms with Gasteiger partial charge in [-0.2, -0.15) is 4.98 Å². The summed E-state index contributed by atoms with van der Waals surface area (Å²) < 4.78 is 7.24. The van der Waals surface area contributed by atoms with Gasteiger partial charge in [-0.25, -0.2) is 0 Å². The SMILES string of the molecule is c1cc(OCc2csc3ccccc23)nc(N2CCNCC2)c1. The van der Waals surface area contributed by atoms with E-state index in [0.29, 0.717) is 12.5 Å². The fourth-order valence-electron chi connectivity index (χ4n) is 2.85. The van der Waals surface area contributed by atoms with Crippen molar-refractivity contribution in [1.29, 1.82) is 0 Å². The molecule has 0 unspecified atom stereocenters. The second-order valence-electron chi connectivity index (χ2n) is 5.62. The third-order valence-electron chi connectivity index (χ3n) is 4.09. The average Bonchev–Trinajstić information content (AvgIpc) is 3.04. The monoisotopic (exact) mass is 325 g/mol. The first kappa shape index (κ1) is 14.5. The van der Waals surface area contributed by atoms with Crippen molar-refractivity contribution in [2.75, 3.05) is 31.1 Å². The van der Waals surface area contributed by atoms with E-state index in [1.54, 1.807) is 11.3 Å². The fourth-order valence-corrected chi connectivity index (χ4v) is 3.80. The highest BCUT2D eigenvalue weighted by Gasteiger charge is 2.12. The molecule has 4 nitrogen and oxygen atoms in total. The molecule has 3 heterocycles. The smallest absolute Gasteiger partial charge is 0.215 e. The van der Waals surface area contributed by atoms with Gasteiger partial charge in [0.2, 0.25) is 5.88 Å². The van der Waals surface area contributed by atoms with Crippen LogP contribution in [0, 0.1) is 0 Å². The molecular weight excluding hydrogens is 306 g/mol. The van der Waals surface area contributed by atoms with Gasteiger partial charge in [-0.15, -0.1) is 11.3 Å². The summed E-state index contributed by atoms with van der Waals surface area (Å²) in [5, 5.41) is 6.81. The van der Waals surface area contributed by atoms with E-state index in [0.717, 1.165) is 32.0 Å². The van der Waals surface area contributed by atoms with E-state index in [4.69, 9.17) is 4.74 Å². The number of aromatic nitrogens is 1. The molecule has 1 N–H and O–H groups in total. The van der Waals surface area contributed by atoms with Crippen LogP contribution in [0.2, 0.25) is 0 Å². The molecule has 0 amide bonds. The van der Waals surface area contributed by atoms with Gasteiger partial charge in [-0.1, -0.05) is 24.3 Å². The van der Waals surface area contributed by atoms with Crippen LogP contribution >= 0.6 is 11.3 Å². The maximum atomic E-state index is 5.94. The molecule has 2 aromatic heterocycles. The molecule has 4 rings (SSSR count). The number of pyridine rings is 1. The summed E-state index contributed by atoms with van der Waals surface area (Å²) in [6.07, 6.45) is 0. The van der Waals surface area contributed by atoms with E-state index in [2.05, 4.69) is 50.9 Å². The quantitative estimate of drug-likeness (QED) is 0.799. The predicted octanol–water partition coefficient (Wildman–Crippen LogP) is 3.28. The van der Waals surface area contributed by atoms with E-state index in [-0.39, 0.29) is 0 Å². The topological polar surface area (TPSA) is 37.4 Å². The highest BCUT2D eigenvalue weighted by atomic mass is 32.1. The Balaban J connectivity index is 1.48. The van der Waals surface area contributed by atoms with Crippen molar-refractivity contribution in [3.05, 3.63) is 53.4 Å². The lowest BCUT2D eigenvalue weighted by molar-refractivity contribution is 0.295. The Labute approximate surface area is 139 Å². The zero-order valence-electron chi connectivity index (χ0n) is 12.9. The van der Waals surface area contributed by atoms with Gasteiger partial charge in [0, 0.05) is 42.5 Å². The number of benzene rings is 1. The van der Waals surface area contributed by atoms with E-state index >= 15 is 0 Å². The minimum Gasteiger partial charge on any atom is -0.473 e. The summed E-state index contributed by atoms with van der Waals surface area (Å²) in [6.45, 7) is 4.56. The van der Waals surface area contributed by atoms with Gasteiger partial charge in [0.15, 0.2) is 0 Å². The molecule has 118 valence electrons. The number of hydrogen-bond donors (Lipinski definition) is 1. The van der Waals surface area contributed by atoms with Crippen molar-refractivity contribution in [3.8, 4) is 5.88 Å². The summed E-state index contributed by atoms with van der Waals surface area (Å²) in [5.41, 5.74) is 1.22. The first-order valence-electron chi connectivity index (χ1n) is 7.91. The minimum atomic E-state index is 0.558. The molecule has 1 fully saturated rings. The number of ether oxygens (including phenoxy) is 1. The van der Waals surface area contributed by atoms with Crippen LogP contribution in [0.25, 0.3) is 10.1 Å².